The molecule has 2 N–H and O–H groups in total. The molecule has 2 aliphatic rings. The lowest BCUT2D eigenvalue weighted by molar-refractivity contribution is -0.132. The molecule has 17 heavy (non-hydrogen) atoms. The van der Waals surface area contributed by atoms with Gasteiger partial charge >= 0.3 is 5.97 Å². The van der Waals surface area contributed by atoms with E-state index < -0.39 is 12.1 Å². The van der Waals surface area contributed by atoms with E-state index in [1.807, 2.05) is 6.92 Å². The summed E-state index contributed by atoms with van der Waals surface area (Å²) in [6.45, 7) is 1.97. The van der Waals surface area contributed by atoms with Crippen LogP contribution in [0.1, 0.15) is 32.6 Å². The van der Waals surface area contributed by atoms with Gasteiger partial charge in [-0.25, -0.2) is 4.79 Å². The van der Waals surface area contributed by atoms with Crippen molar-refractivity contribution in [2.45, 2.75) is 44.8 Å². The van der Waals surface area contributed by atoms with Gasteiger partial charge < -0.3 is 15.3 Å². The van der Waals surface area contributed by atoms with Crippen LogP contribution < -0.4 is 5.32 Å². The van der Waals surface area contributed by atoms with E-state index in [2.05, 4.69) is 10.5 Å². The van der Waals surface area contributed by atoms with Crippen LogP contribution in [-0.2, 0) is 14.4 Å². The number of carbonyl (C=O) groups is 2. The highest BCUT2D eigenvalue weighted by atomic mass is 16.6. The van der Waals surface area contributed by atoms with Crippen molar-refractivity contribution >= 4 is 17.6 Å². The van der Waals surface area contributed by atoms with Crippen molar-refractivity contribution in [1.82, 2.24) is 5.32 Å². The molecule has 1 saturated carbocycles. The maximum absolute atomic E-state index is 11.8. The zero-order chi connectivity index (χ0) is 12.4. The molecule has 94 valence electrons. The first-order chi connectivity index (χ1) is 8.08. The fourth-order valence-electron chi connectivity index (χ4n) is 2.02. The highest BCUT2D eigenvalue weighted by Gasteiger charge is 2.33. The molecule has 0 bridgehead atoms. The lowest BCUT2D eigenvalue weighted by Gasteiger charge is -2.32. The monoisotopic (exact) mass is 240 g/mol. The van der Waals surface area contributed by atoms with E-state index in [4.69, 9.17) is 9.94 Å². The zero-order valence-electron chi connectivity index (χ0n) is 9.68. The summed E-state index contributed by atoms with van der Waals surface area (Å²) in [7, 11) is 0. The Morgan fingerprint density at radius 2 is 2.24 bits per heavy atom. The first kappa shape index (κ1) is 11.9. The summed E-state index contributed by atoms with van der Waals surface area (Å²) in [5, 5.41) is 14.9. The summed E-state index contributed by atoms with van der Waals surface area (Å²) in [5.74, 6) is -0.864. The number of aliphatic carboxylic acids is 1. The van der Waals surface area contributed by atoms with E-state index in [-0.39, 0.29) is 24.1 Å². The number of carbonyl (C=O) groups excluding carboxylic acids is 1. The number of carboxylic acids is 1. The van der Waals surface area contributed by atoms with Crippen molar-refractivity contribution in [3.8, 4) is 0 Å². The van der Waals surface area contributed by atoms with Gasteiger partial charge in [-0.15, -0.1) is 0 Å². The first-order valence-corrected chi connectivity index (χ1v) is 5.84. The first-order valence-electron chi connectivity index (χ1n) is 5.84. The second-order valence-electron chi connectivity index (χ2n) is 4.63. The molecule has 2 atom stereocenters. The number of hydrogen-bond acceptors (Lipinski definition) is 4. The standard InChI is InChI=1S/C11H16N2O4/c1-6(7-3-2-4-7)12-10(14)9-5-8(11(15)16)13-17-9/h6-7,9H,2-5H2,1H3,(H,12,14)(H,15,16). The lowest BCUT2D eigenvalue weighted by atomic mass is 9.80. The smallest absolute Gasteiger partial charge is 0.353 e. The van der Waals surface area contributed by atoms with Crippen molar-refractivity contribution in [1.29, 1.82) is 0 Å². The van der Waals surface area contributed by atoms with Crippen LogP contribution in [0.4, 0.5) is 0 Å². The van der Waals surface area contributed by atoms with Crippen LogP contribution in [0.3, 0.4) is 0 Å². The molecule has 1 amide bonds. The minimum absolute atomic E-state index is 0.0402. The van der Waals surface area contributed by atoms with E-state index in [0.29, 0.717) is 5.92 Å². The molecular formula is C11H16N2O4. The van der Waals surface area contributed by atoms with Gasteiger partial charge in [0.15, 0.2) is 5.71 Å². The van der Waals surface area contributed by atoms with Crippen LogP contribution in [0, 0.1) is 5.92 Å². The number of oxime groups is 1. The average Bonchev–Trinajstić information content (AvgIpc) is 2.62. The molecule has 2 rings (SSSR count). The molecule has 1 heterocycles. The number of carboxylic acid groups (broad SMARTS) is 1. The largest absolute Gasteiger partial charge is 0.477 e. The lowest BCUT2D eigenvalue weighted by Crippen LogP contribution is -2.45. The van der Waals surface area contributed by atoms with Crippen LogP contribution in [0.15, 0.2) is 5.16 Å². The van der Waals surface area contributed by atoms with Gasteiger partial charge in [0, 0.05) is 12.5 Å². The fraction of sp³-hybridized carbons (Fsp3) is 0.727. The normalized spacial score (nSPS) is 25.5. The van der Waals surface area contributed by atoms with Crippen molar-refractivity contribution in [3.05, 3.63) is 0 Å². The van der Waals surface area contributed by atoms with Crippen LogP contribution in [0.25, 0.3) is 0 Å². The van der Waals surface area contributed by atoms with Crippen molar-refractivity contribution in [2.24, 2.45) is 11.1 Å². The minimum atomic E-state index is -1.13. The molecule has 0 aromatic carbocycles. The second kappa shape index (κ2) is 4.73. The van der Waals surface area contributed by atoms with Crippen molar-refractivity contribution < 1.29 is 19.5 Å². The van der Waals surface area contributed by atoms with Crippen LogP contribution in [0.2, 0.25) is 0 Å². The maximum Gasteiger partial charge on any atom is 0.353 e. The third-order valence-electron chi connectivity index (χ3n) is 3.44. The minimum Gasteiger partial charge on any atom is -0.477 e. The molecule has 1 aliphatic heterocycles. The van der Waals surface area contributed by atoms with Crippen LogP contribution in [-0.4, -0.2) is 34.8 Å². The van der Waals surface area contributed by atoms with Crippen LogP contribution in [0.5, 0.6) is 0 Å². The summed E-state index contributed by atoms with van der Waals surface area (Å²) in [5.41, 5.74) is -0.0959. The molecule has 6 heteroatoms. The Morgan fingerprint density at radius 1 is 1.53 bits per heavy atom. The third-order valence-corrected chi connectivity index (χ3v) is 3.44. The summed E-state index contributed by atoms with van der Waals surface area (Å²) in [6, 6.07) is 0.119. The van der Waals surface area contributed by atoms with Crippen molar-refractivity contribution in [3.63, 3.8) is 0 Å². The highest BCUT2D eigenvalue weighted by Crippen LogP contribution is 2.29. The van der Waals surface area contributed by atoms with Gasteiger partial charge in [0.25, 0.3) is 5.91 Å². The Kier molecular flexibility index (Phi) is 3.31. The Balaban J connectivity index is 1.79. The fourth-order valence-corrected chi connectivity index (χ4v) is 2.02. The molecule has 0 radical (unpaired) electrons. The molecule has 2 unspecified atom stereocenters. The number of hydrogen-bond donors (Lipinski definition) is 2. The van der Waals surface area contributed by atoms with Gasteiger partial charge in [-0.3, -0.25) is 4.79 Å². The summed E-state index contributed by atoms with van der Waals surface area (Å²) >= 11 is 0. The van der Waals surface area contributed by atoms with Gasteiger partial charge in [-0.1, -0.05) is 11.6 Å². The highest BCUT2D eigenvalue weighted by molar-refractivity contribution is 6.36. The van der Waals surface area contributed by atoms with Gasteiger partial charge in [0.2, 0.25) is 6.10 Å². The molecule has 6 nitrogen and oxygen atoms in total. The van der Waals surface area contributed by atoms with Crippen LogP contribution >= 0.6 is 0 Å². The van der Waals surface area contributed by atoms with Gasteiger partial charge in [-0.05, 0) is 25.7 Å². The predicted molar refractivity (Wildman–Crippen MR) is 59.5 cm³/mol. The topological polar surface area (TPSA) is 88.0 Å². The number of nitrogens with zero attached hydrogens (tertiary/aromatic N) is 1. The summed E-state index contributed by atoms with van der Waals surface area (Å²) in [6.07, 6.45) is 2.76. The van der Waals surface area contributed by atoms with E-state index in [1.54, 1.807) is 0 Å². The Hall–Kier alpha value is -1.59. The predicted octanol–water partition coefficient (Wildman–Crippen LogP) is 0.521. The molecule has 1 fully saturated rings. The third kappa shape index (κ3) is 2.57. The quantitative estimate of drug-likeness (QED) is 0.749. The second-order valence-corrected chi connectivity index (χ2v) is 4.63. The number of nitrogens with one attached hydrogen (secondary N) is 1. The SMILES string of the molecule is CC(NC(=O)C1CC(C(=O)O)=NO1)C1CCC1. The summed E-state index contributed by atoms with van der Waals surface area (Å²) in [4.78, 5) is 27.2. The zero-order valence-corrected chi connectivity index (χ0v) is 9.68. The molecular weight excluding hydrogens is 224 g/mol. The van der Waals surface area contributed by atoms with E-state index in [9.17, 15) is 9.59 Å². The molecule has 0 aromatic heterocycles. The van der Waals surface area contributed by atoms with E-state index >= 15 is 0 Å². The van der Waals surface area contributed by atoms with Gasteiger partial charge in [0.1, 0.15) is 0 Å². The van der Waals surface area contributed by atoms with Gasteiger partial charge in [0.05, 0.1) is 0 Å². The molecule has 0 spiro atoms. The van der Waals surface area contributed by atoms with E-state index in [0.717, 1.165) is 12.8 Å². The Bertz CT molecular complexity index is 362. The Labute approximate surface area is 99.0 Å². The van der Waals surface area contributed by atoms with Gasteiger partial charge in [-0.2, -0.15) is 0 Å². The van der Waals surface area contributed by atoms with Crippen molar-refractivity contribution in [2.75, 3.05) is 0 Å². The maximum atomic E-state index is 11.8. The molecule has 0 aromatic rings. The summed E-state index contributed by atoms with van der Waals surface area (Å²) < 4.78 is 0. The molecule has 0 saturated heterocycles. The average molecular weight is 240 g/mol. The number of rotatable bonds is 4. The Morgan fingerprint density at radius 3 is 2.71 bits per heavy atom. The number of amides is 1. The van der Waals surface area contributed by atoms with E-state index in [1.165, 1.54) is 6.42 Å². The molecule has 1 aliphatic carbocycles.